The summed E-state index contributed by atoms with van der Waals surface area (Å²) in [4.78, 5) is 35.8. The quantitative estimate of drug-likeness (QED) is 0.876. The molecule has 0 spiro atoms. The molecule has 0 saturated carbocycles. The molecule has 0 unspecified atom stereocenters. The SMILES string of the molecule is CNC(=O)c1ccc(N2COc3cc(C(=O)N4CCCC4)[nH]c32)nc1C. The number of nitrogens with one attached hydrogen (secondary N) is 2. The molecule has 2 aromatic heterocycles. The van der Waals surface area contributed by atoms with Gasteiger partial charge in [-0.25, -0.2) is 4.98 Å². The standard InChI is InChI=1S/C18H21N5O3/c1-11-12(17(24)19-2)5-6-15(20-11)23-10-26-14-9-13(21-16(14)23)18(25)22-7-3-4-8-22/h5-6,9,21H,3-4,7-8,10H2,1-2H3,(H,19,24). The third-order valence-corrected chi connectivity index (χ3v) is 4.82. The molecule has 1 fully saturated rings. The zero-order valence-electron chi connectivity index (χ0n) is 14.8. The number of aromatic nitrogens is 2. The number of pyridine rings is 1. The fraction of sp³-hybridized carbons (Fsp3) is 0.389. The first kappa shape index (κ1) is 16.4. The molecule has 8 nitrogen and oxygen atoms in total. The summed E-state index contributed by atoms with van der Waals surface area (Å²) in [6, 6.07) is 5.27. The van der Waals surface area contributed by atoms with Crippen molar-refractivity contribution in [3.8, 4) is 5.75 Å². The van der Waals surface area contributed by atoms with Crippen molar-refractivity contribution in [2.24, 2.45) is 0 Å². The van der Waals surface area contributed by atoms with Crippen molar-refractivity contribution in [3.63, 3.8) is 0 Å². The van der Waals surface area contributed by atoms with Gasteiger partial charge in [0, 0.05) is 26.2 Å². The molecule has 1 saturated heterocycles. The Hall–Kier alpha value is -3.03. The number of anilines is 2. The minimum absolute atomic E-state index is 0.000412. The van der Waals surface area contributed by atoms with Gasteiger partial charge in [0.1, 0.15) is 11.5 Å². The van der Waals surface area contributed by atoms with Crippen LogP contribution in [0, 0.1) is 6.92 Å². The lowest BCUT2D eigenvalue weighted by molar-refractivity contribution is 0.0787. The molecular formula is C18H21N5O3. The number of aromatic amines is 1. The number of amides is 2. The third kappa shape index (κ3) is 2.67. The predicted molar refractivity (Wildman–Crippen MR) is 95.9 cm³/mol. The smallest absolute Gasteiger partial charge is 0.270 e. The Balaban J connectivity index is 1.60. The number of carbonyl (C=O) groups excluding carboxylic acids is 2. The van der Waals surface area contributed by atoms with Gasteiger partial charge in [-0.3, -0.25) is 14.5 Å². The Morgan fingerprint density at radius 1 is 1.27 bits per heavy atom. The predicted octanol–water partition coefficient (Wildman–Crippen LogP) is 1.80. The van der Waals surface area contributed by atoms with Crippen LogP contribution in [0.3, 0.4) is 0 Å². The van der Waals surface area contributed by atoms with Gasteiger partial charge in [0.2, 0.25) is 0 Å². The minimum Gasteiger partial charge on any atom is -0.469 e. The van der Waals surface area contributed by atoms with E-state index in [1.165, 1.54) is 0 Å². The van der Waals surface area contributed by atoms with Gasteiger partial charge in [0.25, 0.3) is 11.8 Å². The van der Waals surface area contributed by atoms with Crippen LogP contribution in [0.25, 0.3) is 0 Å². The Kier molecular flexibility index (Phi) is 4.02. The van der Waals surface area contributed by atoms with Crippen LogP contribution in [0.5, 0.6) is 5.75 Å². The average molecular weight is 355 g/mol. The molecule has 0 radical (unpaired) electrons. The Bertz CT molecular complexity index is 870. The second-order valence-corrected chi connectivity index (χ2v) is 6.48. The van der Waals surface area contributed by atoms with E-state index in [2.05, 4.69) is 15.3 Å². The Morgan fingerprint density at radius 2 is 2.04 bits per heavy atom. The molecule has 0 bridgehead atoms. The topological polar surface area (TPSA) is 90.6 Å². The van der Waals surface area contributed by atoms with E-state index in [1.54, 1.807) is 32.2 Å². The summed E-state index contributed by atoms with van der Waals surface area (Å²) in [6.07, 6.45) is 2.10. The first-order chi connectivity index (χ1) is 12.6. The Morgan fingerprint density at radius 3 is 2.73 bits per heavy atom. The highest BCUT2D eigenvalue weighted by atomic mass is 16.5. The van der Waals surface area contributed by atoms with Crippen molar-refractivity contribution in [1.29, 1.82) is 0 Å². The summed E-state index contributed by atoms with van der Waals surface area (Å²) in [7, 11) is 1.59. The molecule has 4 rings (SSSR count). The minimum atomic E-state index is -0.168. The summed E-state index contributed by atoms with van der Waals surface area (Å²) in [6.45, 7) is 3.71. The molecule has 8 heteroatoms. The first-order valence-corrected chi connectivity index (χ1v) is 8.71. The van der Waals surface area contributed by atoms with E-state index >= 15 is 0 Å². The molecule has 0 atom stereocenters. The van der Waals surface area contributed by atoms with Crippen LogP contribution in [0.1, 0.15) is 39.4 Å². The highest BCUT2D eigenvalue weighted by Gasteiger charge is 2.30. The fourth-order valence-electron chi connectivity index (χ4n) is 3.39. The number of H-pyrrole nitrogens is 1. The number of hydrogen-bond donors (Lipinski definition) is 2. The average Bonchev–Trinajstić information content (AvgIpc) is 3.36. The lowest BCUT2D eigenvalue weighted by atomic mass is 10.2. The highest BCUT2D eigenvalue weighted by molar-refractivity contribution is 5.96. The van der Waals surface area contributed by atoms with E-state index in [-0.39, 0.29) is 11.8 Å². The van der Waals surface area contributed by atoms with Gasteiger partial charge < -0.3 is 19.9 Å². The maximum Gasteiger partial charge on any atom is 0.270 e. The second-order valence-electron chi connectivity index (χ2n) is 6.48. The molecular weight excluding hydrogens is 334 g/mol. The number of rotatable bonds is 3. The van der Waals surface area contributed by atoms with Gasteiger partial charge in [-0.05, 0) is 31.9 Å². The van der Waals surface area contributed by atoms with E-state index < -0.39 is 0 Å². The van der Waals surface area contributed by atoms with Gasteiger partial charge in [-0.15, -0.1) is 0 Å². The number of aryl methyl sites for hydroxylation is 1. The summed E-state index contributed by atoms with van der Waals surface area (Å²) in [5, 5.41) is 2.60. The maximum atomic E-state index is 12.6. The van der Waals surface area contributed by atoms with Crippen LogP contribution in [0.2, 0.25) is 0 Å². The van der Waals surface area contributed by atoms with Crippen molar-refractivity contribution >= 4 is 23.5 Å². The van der Waals surface area contributed by atoms with Crippen LogP contribution in [-0.2, 0) is 0 Å². The number of ether oxygens (including phenoxy) is 1. The van der Waals surface area contributed by atoms with Gasteiger partial charge in [0.05, 0.1) is 11.3 Å². The molecule has 2 aliphatic rings. The zero-order valence-corrected chi connectivity index (χ0v) is 14.8. The largest absolute Gasteiger partial charge is 0.469 e. The van der Waals surface area contributed by atoms with E-state index in [9.17, 15) is 9.59 Å². The normalized spacial score (nSPS) is 15.8. The van der Waals surface area contributed by atoms with E-state index in [0.29, 0.717) is 41.1 Å². The fourth-order valence-corrected chi connectivity index (χ4v) is 3.39. The van der Waals surface area contributed by atoms with E-state index in [1.807, 2.05) is 9.80 Å². The van der Waals surface area contributed by atoms with Gasteiger partial charge in [-0.2, -0.15) is 0 Å². The van der Waals surface area contributed by atoms with Crippen LogP contribution >= 0.6 is 0 Å². The molecule has 136 valence electrons. The van der Waals surface area contributed by atoms with Crippen molar-refractivity contribution in [2.45, 2.75) is 19.8 Å². The van der Waals surface area contributed by atoms with Crippen LogP contribution in [0.15, 0.2) is 18.2 Å². The molecule has 2 N–H and O–H groups in total. The molecule has 26 heavy (non-hydrogen) atoms. The lowest BCUT2D eigenvalue weighted by Crippen LogP contribution is -2.28. The van der Waals surface area contributed by atoms with Crippen LogP contribution in [0.4, 0.5) is 11.6 Å². The second kappa shape index (κ2) is 6.36. The number of hydrogen-bond acceptors (Lipinski definition) is 5. The molecule has 2 aliphatic heterocycles. The van der Waals surface area contributed by atoms with Crippen molar-refractivity contribution in [1.82, 2.24) is 20.2 Å². The van der Waals surface area contributed by atoms with Gasteiger partial charge in [0.15, 0.2) is 18.3 Å². The number of fused-ring (bicyclic) bond motifs is 1. The van der Waals surface area contributed by atoms with E-state index in [4.69, 9.17) is 4.74 Å². The third-order valence-electron chi connectivity index (χ3n) is 4.82. The summed E-state index contributed by atoms with van der Waals surface area (Å²) in [5.41, 5.74) is 1.70. The van der Waals surface area contributed by atoms with Crippen molar-refractivity contribution in [3.05, 3.63) is 35.2 Å². The molecule has 4 heterocycles. The molecule has 2 aromatic rings. The number of carbonyl (C=O) groups is 2. The lowest BCUT2D eigenvalue weighted by Gasteiger charge is -2.17. The van der Waals surface area contributed by atoms with E-state index in [0.717, 1.165) is 25.9 Å². The monoisotopic (exact) mass is 355 g/mol. The summed E-state index contributed by atoms with van der Waals surface area (Å²) < 4.78 is 5.70. The van der Waals surface area contributed by atoms with Crippen molar-refractivity contribution < 1.29 is 14.3 Å². The van der Waals surface area contributed by atoms with Crippen LogP contribution in [-0.4, -0.2) is 53.6 Å². The van der Waals surface area contributed by atoms with Crippen LogP contribution < -0.4 is 15.0 Å². The van der Waals surface area contributed by atoms with Gasteiger partial charge in [-0.1, -0.05) is 0 Å². The van der Waals surface area contributed by atoms with Gasteiger partial charge >= 0.3 is 0 Å². The highest BCUT2D eigenvalue weighted by Crippen LogP contribution is 2.38. The Labute approximate surface area is 151 Å². The zero-order chi connectivity index (χ0) is 18.3. The maximum absolute atomic E-state index is 12.6. The first-order valence-electron chi connectivity index (χ1n) is 8.71. The van der Waals surface area contributed by atoms with Crippen molar-refractivity contribution in [2.75, 3.05) is 31.8 Å². The molecule has 2 amide bonds. The number of likely N-dealkylation sites (tertiary alicyclic amines) is 1. The molecule has 0 aliphatic carbocycles. The summed E-state index contributed by atoms with van der Waals surface area (Å²) >= 11 is 0. The number of nitrogens with zero attached hydrogens (tertiary/aromatic N) is 3. The summed E-state index contributed by atoms with van der Waals surface area (Å²) in [5.74, 6) is 1.85. The molecule has 0 aromatic carbocycles.